The number of ether oxygens (including phenoxy) is 1. The van der Waals surface area contributed by atoms with Crippen LogP contribution < -0.4 is 0 Å². The molecule has 0 bridgehead atoms. The summed E-state index contributed by atoms with van der Waals surface area (Å²) in [6.45, 7) is 3.15. The molecule has 0 atom stereocenters. The fourth-order valence-electron chi connectivity index (χ4n) is 1.52. The maximum absolute atomic E-state index is 12.9. The third kappa shape index (κ3) is 5.45. The van der Waals surface area contributed by atoms with Gasteiger partial charge in [0.1, 0.15) is 5.82 Å². The average Bonchev–Trinajstić information content (AvgIpc) is 2.27. The summed E-state index contributed by atoms with van der Waals surface area (Å²) in [6.07, 6.45) is 0.716. The van der Waals surface area contributed by atoms with Gasteiger partial charge in [0, 0.05) is 6.54 Å². The van der Waals surface area contributed by atoms with E-state index in [1.165, 1.54) is 12.1 Å². The Kier molecular flexibility index (Phi) is 5.63. The van der Waals surface area contributed by atoms with E-state index in [0.29, 0.717) is 19.6 Å². The molecule has 4 heteroatoms. The first-order valence-corrected chi connectivity index (χ1v) is 5.70. The predicted octanol–water partition coefficient (Wildman–Crippen LogP) is 1.86. The Labute approximate surface area is 101 Å². The van der Waals surface area contributed by atoms with Gasteiger partial charge in [-0.15, -0.1) is 0 Å². The number of rotatable bonds is 6. The molecule has 0 radical (unpaired) electrons. The van der Waals surface area contributed by atoms with Crippen LogP contribution in [0.3, 0.4) is 0 Å². The largest absolute Gasteiger partial charge is 0.465 e. The second-order valence-corrected chi connectivity index (χ2v) is 3.92. The number of halogens is 1. The Morgan fingerprint density at radius 1 is 1.47 bits per heavy atom. The zero-order valence-corrected chi connectivity index (χ0v) is 10.3. The lowest BCUT2D eigenvalue weighted by molar-refractivity contribution is -0.144. The molecule has 1 rings (SSSR count). The first kappa shape index (κ1) is 13.6. The number of esters is 1. The molecule has 0 N–H and O–H groups in total. The second kappa shape index (κ2) is 7.01. The van der Waals surface area contributed by atoms with Crippen LogP contribution >= 0.6 is 0 Å². The summed E-state index contributed by atoms with van der Waals surface area (Å²) in [6, 6.07) is 6.50. The highest BCUT2D eigenvalue weighted by Gasteiger charge is 2.07. The summed E-state index contributed by atoms with van der Waals surface area (Å²) in [5.41, 5.74) is 0.931. The van der Waals surface area contributed by atoms with Crippen molar-refractivity contribution in [2.24, 2.45) is 0 Å². The van der Waals surface area contributed by atoms with Crippen LogP contribution in [-0.2, 0) is 16.0 Å². The van der Waals surface area contributed by atoms with Gasteiger partial charge in [-0.3, -0.25) is 9.69 Å². The first-order valence-electron chi connectivity index (χ1n) is 5.70. The zero-order chi connectivity index (χ0) is 12.7. The van der Waals surface area contributed by atoms with E-state index in [1.807, 2.05) is 18.0 Å². The van der Waals surface area contributed by atoms with Gasteiger partial charge >= 0.3 is 5.97 Å². The van der Waals surface area contributed by atoms with Gasteiger partial charge in [-0.05, 0) is 38.1 Å². The minimum Gasteiger partial charge on any atom is -0.465 e. The normalized spacial score (nSPS) is 10.6. The van der Waals surface area contributed by atoms with E-state index >= 15 is 0 Å². The monoisotopic (exact) mass is 239 g/mol. The van der Waals surface area contributed by atoms with Crippen molar-refractivity contribution in [3.63, 3.8) is 0 Å². The Hall–Kier alpha value is -1.42. The van der Waals surface area contributed by atoms with Gasteiger partial charge in [0.05, 0.1) is 13.2 Å². The summed E-state index contributed by atoms with van der Waals surface area (Å²) in [7, 11) is 1.84. The standard InChI is InChI=1S/C13H18FNO2/c1-3-17-13(16)10-15(2)8-7-11-5-4-6-12(14)9-11/h4-6,9H,3,7-8,10H2,1-2H3. The molecule has 0 aromatic heterocycles. The van der Waals surface area contributed by atoms with Crippen LogP contribution in [0.2, 0.25) is 0 Å². The van der Waals surface area contributed by atoms with Crippen molar-refractivity contribution in [1.29, 1.82) is 0 Å². The van der Waals surface area contributed by atoms with E-state index in [1.54, 1.807) is 13.0 Å². The Morgan fingerprint density at radius 2 is 2.24 bits per heavy atom. The summed E-state index contributed by atoms with van der Waals surface area (Å²) < 4.78 is 17.8. The van der Waals surface area contributed by atoms with E-state index in [4.69, 9.17) is 4.74 Å². The van der Waals surface area contributed by atoms with Crippen LogP contribution in [0.25, 0.3) is 0 Å². The highest BCUT2D eigenvalue weighted by molar-refractivity contribution is 5.71. The lowest BCUT2D eigenvalue weighted by Crippen LogP contribution is -2.29. The highest BCUT2D eigenvalue weighted by atomic mass is 19.1. The summed E-state index contributed by atoms with van der Waals surface area (Å²) >= 11 is 0. The minimum absolute atomic E-state index is 0.226. The summed E-state index contributed by atoms with van der Waals surface area (Å²) in [4.78, 5) is 13.1. The molecule has 1 aromatic carbocycles. The number of hydrogen-bond donors (Lipinski definition) is 0. The van der Waals surface area contributed by atoms with Crippen molar-refractivity contribution < 1.29 is 13.9 Å². The maximum Gasteiger partial charge on any atom is 0.320 e. The average molecular weight is 239 g/mol. The number of carbonyl (C=O) groups is 1. The van der Waals surface area contributed by atoms with Gasteiger partial charge < -0.3 is 4.74 Å². The molecule has 0 saturated heterocycles. The number of likely N-dealkylation sites (N-methyl/N-ethyl adjacent to an activating group) is 1. The molecular formula is C13H18FNO2. The molecule has 0 saturated carbocycles. The van der Waals surface area contributed by atoms with Crippen LogP contribution in [0.15, 0.2) is 24.3 Å². The van der Waals surface area contributed by atoms with Crippen molar-refractivity contribution in [2.75, 3.05) is 26.7 Å². The van der Waals surface area contributed by atoms with Crippen LogP contribution in [-0.4, -0.2) is 37.6 Å². The number of hydrogen-bond acceptors (Lipinski definition) is 3. The Balaban J connectivity index is 2.33. The molecule has 94 valence electrons. The van der Waals surface area contributed by atoms with Crippen molar-refractivity contribution in [3.05, 3.63) is 35.6 Å². The molecule has 3 nitrogen and oxygen atoms in total. The van der Waals surface area contributed by atoms with E-state index < -0.39 is 0 Å². The first-order chi connectivity index (χ1) is 8.11. The fraction of sp³-hybridized carbons (Fsp3) is 0.462. The predicted molar refractivity (Wildman–Crippen MR) is 64.2 cm³/mol. The lowest BCUT2D eigenvalue weighted by Gasteiger charge is -2.15. The SMILES string of the molecule is CCOC(=O)CN(C)CCc1cccc(F)c1. The van der Waals surface area contributed by atoms with Gasteiger partial charge in [-0.1, -0.05) is 12.1 Å². The molecule has 0 fully saturated rings. The molecule has 0 amide bonds. The minimum atomic E-state index is -0.228. The van der Waals surface area contributed by atoms with Gasteiger partial charge in [0.25, 0.3) is 0 Å². The van der Waals surface area contributed by atoms with Crippen LogP contribution in [0, 0.1) is 5.82 Å². The van der Waals surface area contributed by atoms with Crippen LogP contribution in [0.5, 0.6) is 0 Å². The van der Waals surface area contributed by atoms with Gasteiger partial charge in [0.15, 0.2) is 0 Å². The van der Waals surface area contributed by atoms with Crippen molar-refractivity contribution in [3.8, 4) is 0 Å². The number of benzene rings is 1. The summed E-state index contributed by atoms with van der Waals surface area (Å²) in [5.74, 6) is -0.454. The van der Waals surface area contributed by atoms with Gasteiger partial charge in [-0.2, -0.15) is 0 Å². The zero-order valence-electron chi connectivity index (χ0n) is 10.3. The molecule has 0 aliphatic heterocycles. The quantitative estimate of drug-likeness (QED) is 0.710. The summed E-state index contributed by atoms with van der Waals surface area (Å²) in [5, 5.41) is 0. The highest BCUT2D eigenvalue weighted by Crippen LogP contribution is 2.04. The van der Waals surface area contributed by atoms with Gasteiger partial charge in [0.2, 0.25) is 0 Å². The van der Waals surface area contributed by atoms with Crippen molar-refractivity contribution >= 4 is 5.97 Å². The van der Waals surface area contributed by atoms with E-state index in [2.05, 4.69) is 0 Å². The fourth-order valence-corrected chi connectivity index (χ4v) is 1.52. The number of nitrogens with zero attached hydrogens (tertiary/aromatic N) is 1. The Bertz CT molecular complexity index is 368. The second-order valence-electron chi connectivity index (χ2n) is 3.92. The van der Waals surface area contributed by atoms with Crippen molar-refractivity contribution in [2.45, 2.75) is 13.3 Å². The van der Waals surface area contributed by atoms with E-state index in [9.17, 15) is 9.18 Å². The molecule has 0 spiro atoms. The molecule has 0 unspecified atom stereocenters. The molecule has 0 aliphatic rings. The van der Waals surface area contributed by atoms with Gasteiger partial charge in [-0.25, -0.2) is 4.39 Å². The number of carbonyl (C=O) groups excluding carboxylic acids is 1. The topological polar surface area (TPSA) is 29.5 Å². The Morgan fingerprint density at radius 3 is 2.88 bits per heavy atom. The van der Waals surface area contributed by atoms with E-state index in [-0.39, 0.29) is 18.3 Å². The smallest absolute Gasteiger partial charge is 0.320 e. The van der Waals surface area contributed by atoms with Crippen LogP contribution in [0.1, 0.15) is 12.5 Å². The molecule has 0 heterocycles. The molecule has 0 aliphatic carbocycles. The maximum atomic E-state index is 12.9. The molecule has 1 aromatic rings. The molecular weight excluding hydrogens is 221 g/mol. The third-order valence-electron chi connectivity index (χ3n) is 2.38. The van der Waals surface area contributed by atoms with Crippen LogP contribution in [0.4, 0.5) is 4.39 Å². The van der Waals surface area contributed by atoms with Crippen molar-refractivity contribution in [1.82, 2.24) is 4.90 Å². The van der Waals surface area contributed by atoms with E-state index in [0.717, 1.165) is 5.56 Å². The molecule has 17 heavy (non-hydrogen) atoms. The lowest BCUT2D eigenvalue weighted by atomic mass is 10.1. The third-order valence-corrected chi connectivity index (χ3v) is 2.38.